The Morgan fingerprint density at radius 2 is 2.21 bits per heavy atom. The lowest BCUT2D eigenvalue weighted by Crippen LogP contribution is -2.14. The molecule has 4 nitrogen and oxygen atoms in total. The number of aryl methyl sites for hydroxylation is 1. The van der Waals surface area contributed by atoms with E-state index in [1.165, 1.54) is 23.1 Å². The van der Waals surface area contributed by atoms with Crippen molar-refractivity contribution in [3.8, 4) is 0 Å². The fourth-order valence-corrected chi connectivity index (χ4v) is 3.20. The van der Waals surface area contributed by atoms with Crippen LogP contribution in [0, 0.1) is 6.92 Å². The Morgan fingerprint density at radius 3 is 2.89 bits per heavy atom. The van der Waals surface area contributed by atoms with Crippen molar-refractivity contribution in [3.63, 3.8) is 0 Å². The molecule has 0 saturated heterocycles. The number of nitrogens with one attached hydrogen (secondary N) is 1. The molecule has 2 aromatic rings. The SMILES string of the molecule is Cc1nnc(SCC(=O)Nc2cc(Cl)ccc2Cl)s1. The van der Waals surface area contributed by atoms with Crippen molar-refractivity contribution >= 4 is 57.9 Å². The summed E-state index contributed by atoms with van der Waals surface area (Å²) >= 11 is 14.6. The molecule has 0 aliphatic rings. The van der Waals surface area contributed by atoms with E-state index in [0.717, 1.165) is 9.35 Å². The maximum absolute atomic E-state index is 11.8. The van der Waals surface area contributed by atoms with Gasteiger partial charge in [-0.15, -0.1) is 10.2 Å². The number of carbonyl (C=O) groups is 1. The lowest BCUT2D eigenvalue weighted by Gasteiger charge is -2.06. The summed E-state index contributed by atoms with van der Waals surface area (Å²) in [7, 11) is 0. The molecule has 1 amide bonds. The highest BCUT2D eigenvalue weighted by Crippen LogP contribution is 2.26. The van der Waals surface area contributed by atoms with Crippen molar-refractivity contribution in [3.05, 3.63) is 33.3 Å². The van der Waals surface area contributed by atoms with Crippen LogP contribution in [0.2, 0.25) is 10.0 Å². The zero-order valence-electron chi connectivity index (χ0n) is 9.81. The molecule has 0 spiro atoms. The topological polar surface area (TPSA) is 54.9 Å². The van der Waals surface area contributed by atoms with Gasteiger partial charge in [0.1, 0.15) is 5.01 Å². The second kappa shape index (κ2) is 6.56. The van der Waals surface area contributed by atoms with Gasteiger partial charge in [0.05, 0.1) is 16.5 Å². The van der Waals surface area contributed by atoms with Crippen molar-refractivity contribution in [1.82, 2.24) is 10.2 Å². The standard InChI is InChI=1S/C11H9Cl2N3OS2/c1-6-15-16-11(19-6)18-5-10(17)14-9-4-7(12)2-3-8(9)13/h2-4H,5H2,1H3,(H,14,17). The van der Waals surface area contributed by atoms with Gasteiger partial charge in [-0.05, 0) is 25.1 Å². The maximum atomic E-state index is 11.8. The van der Waals surface area contributed by atoms with Gasteiger partial charge in [-0.2, -0.15) is 0 Å². The highest BCUT2D eigenvalue weighted by molar-refractivity contribution is 8.01. The smallest absolute Gasteiger partial charge is 0.234 e. The Hall–Kier alpha value is -0.820. The third-order valence-corrected chi connectivity index (χ3v) is 4.57. The summed E-state index contributed by atoms with van der Waals surface area (Å²) in [4.78, 5) is 11.8. The normalized spacial score (nSPS) is 10.5. The molecular weight excluding hydrogens is 325 g/mol. The minimum Gasteiger partial charge on any atom is -0.324 e. The first kappa shape index (κ1) is 14.6. The molecule has 1 N–H and O–H groups in total. The van der Waals surface area contributed by atoms with Crippen LogP contribution >= 0.6 is 46.3 Å². The minimum absolute atomic E-state index is 0.165. The molecule has 2 rings (SSSR count). The second-order valence-corrected chi connectivity index (χ2v) is 6.80. The summed E-state index contributed by atoms with van der Waals surface area (Å²) in [5, 5.41) is 12.4. The van der Waals surface area contributed by atoms with Crippen molar-refractivity contribution in [1.29, 1.82) is 0 Å². The van der Waals surface area contributed by atoms with Gasteiger partial charge >= 0.3 is 0 Å². The first-order chi connectivity index (χ1) is 9.04. The van der Waals surface area contributed by atoms with Crippen LogP contribution in [0.3, 0.4) is 0 Å². The van der Waals surface area contributed by atoms with E-state index < -0.39 is 0 Å². The van der Waals surface area contributed by atoms with Gasteiger partial charge in [0, 0.05) is 5.02 Å². The number of amides is 1. The molecule has 1 aromatic carbocycles. The molecule has 0 radical (unpaired) electrons. The van der Waals surface area contributed by atoms with Crippen LogP contribution in [0.5, 0.6) is 0 Å². The summed E-state index contributed by atoms with van der Waals surface area (Å²) in [6, 6.07) is 4.92. The largest absolute Gasteiger partial charge is 0.324 e. The molecule has 8 heteroatoms. The molecule has 100 valence electrons. The van der Waals surface area contributed by atoms with E-state index in [1.807, 2.05) is 6.92 Å². The van der Waals surface area contributed by atoms with E-state index in [0.29, 0.717) is 15.7 Å². The summed E-state index contributed by atoms with van der Waals surface area (Å²) in [5.74, 6) is 0.0827. The molecule has 1 aromatic heterocycles. The fraction of sp³-hybridized carbons (Fsp3) is 0.182. The second-order valence-electron chi connectivity index (χ2n) is 3.55. The molecule has 0 atom stereocenters. The van der Waals surface area contributed by atoms with E-state index >= 15 is 0 Å². The third kappa shape index (κ3) is 4.35. The van der Waals surface area contributed by atoms with Gasteiger partial charge in [0.2, 0.25) is 5.91 Å². The highest BCUT2D eigenvalue weighted by Gasteiger charge is 2.09. The van der Waals surface area contributed by atoms with Crippen LogP contribution in [0.15, 0.2) is 22.5 Å². The Morgan fingerprint density at radius 1 is 1.42 bits per heavy atom. The summed E-state index contributed by atoms with van der Waals surface area (Å²) in [5.41, 5.74) is 0.508. The van der Waals surface area contributed by atoms with E-state index in [2.05, 4.69) is 15.5 Å². The number of anilines is 1. The Labute approximate surface area is 128 Å². The first-order valence-electron chi connectivity index (χ1n) is 5.22. The predicted octanol–water partition coefficient (Wildman–Crippen LogP) is 3.88. The fourth-order valence-electron chi connectivity index (χ4n) is 1.24. The number of benzene rings is 1. The minimum atomic E-state index is -0.165. The lowest BCUT2D eigenvalue weighted by atomic mass is 10.3. The number of hydrogen-bond donors (Lipinski definition) is 1. The third-order valence-electron chi connectivity index (χ3n) is 2.04. The molecule has 0 fully saturated rings. The van der Waals surface area contributed by atoms with Gasteiger partial charge in [0.15, 0.2) is 4.34 Å². The van der Waals surface area contributed by atoms with Crippen LogP contribution in [0.1, 0.15) is 5.01 Å². The molecule has 0 bridgehead atoms. The van der Waals surface area contributed by atoms with Gasteiger partial charge in [-0.3, -0.25) is 4.79 Å². The van der Waals surface area contributed by atoms with Crippen LogP contribution in [0.25, 0.3) is 0 Å². The van der Waals surface area contributed by atoms with E-state index in [1.54, 1.807) is 18.2 Å². The van der Waals surface area contributed by atoms with Crippen molar-refractivity contribution in [2.24, 2.45) is 0 Å². The van der Waals surface area contributed by atoms with Gasteiger partial charge in [-0.25, -0.2) is 0 Å². The Balaban J connectivity index is 1.92. The Bertz CT molecular complexity index is 603. The van der Waals surface area contributed by atoms with Crippen LogP contribution in [-0.4, -0.2) is 21.9 Å². The lowest BCUT2D eigenvalue weighted by molar-refractivity contribution is -0.113. The van der Waals surface area contributed by atoms with Crippen LogP contribution < -0.4 is 5.32 Å². The molecule has 0 aliphatic carbocycles. The summed E-state index contributed by atoms with van der Waals surface area (Å²) in [6.07, 6.45) is 0. The Kier molecular flexibility index (Phi) is 5.04. The van der Waals surface area contributed by atoms with Crippen molar-refractivity contribution in [2.75, 3.05) is 11.1 Å². The van der Waals surface area contributed by atoms with E-state index in [4.69, 9.17) is 23.2 Å². The molecule has 0 unspecified atom stereocenters. The number of aromatic nitrogens is 2. The number of thioether (sulfide) groups is 1. The molecule has 0 aliphatic heterocycles. The predicted molar refractivity (Wildman–Crippen MR) is 80.5 cm³/mol. The monoisotopic (exact) mass is 333 g/mol. The summed E-state index contributed by atoms with van der Waals surface area (Å²) < 4.78 is 0.768. The summed E-state index contributed by atoms with van der Waals surface area (Å²) in [6.45, 7) is 1.87. The molecule has 19 heavy (non-hydrogen) atoms. The maximum Gasteiger partial charge on any atom is 0.234 e. The van der Waals surface area contributed by atoms with Crippen molar-refractivity contribution < 1.29 is 4.79 Å². The average molecular weight is 334 g/mol. The zero-order valence-corrected chi connectivity index (χ0v) is 13.0. The molecule has 1 heterocycles. The van der Waals surface area contributed by atoms with Crippen LogP contribution in [-0.2, 0) is 4.79 Å². The molecular formula is C11H9Cl2N3OS2. The van der Waals surface area contributed by atoms with E-state index in [9.17, 15) is 4.79 Å². The zero-order chi connectivity index (χ0) is 13.8. The number of hydrogen-bond acceptors (Lipinski definition) is 5. The molecule has 0 saturated carbocycles. The number of nitrogens with zero attached hydrogens (tertiary/aromatic N) is 2. The van der Waals surface area contributed by atoms with E-state index in [-0.39, 0.29) is 11.7 Å². The number of rotatable bonds is 4. The quantitative estimate of drug-likeness (QED) is 0.862. The van der Waals surface area contributed by atoms with Gasteiger partial charge < -0.3 is 5.32 Å². The highest BCUT2D eigenvalue weighted by atomic mass is 35.5. The average Bonchev–Trinajstić information content (AvgIpc) is 2.77. The first-order valence-corrected chi connectivity index (χ1v) is 7.78. The number of halogens is 2. The van der Waals surface area contributed by atoms with Crippen LogP contribution in [0.4, 0.5) is 5.69 Å². The van der Waals surface area contributed by atoms with Gasteiger partial charge in [0.25, 0.3) is 0 Å². The number of carbonyl (C=O) groups excluding carboxylic acids is 1. The van der Waals surface area contributed by atoms with Gasteiger partial charge in [-0.1, -0.05) is 46.3 Å². The van der Waals surface area contributed by atoms with Crippen molar-refractivity contribution in [2.45, 2.75) is 11.3 Å².